The van der Waals surface area contributed by atoms with E-state index in [1.165, 1.54) is 0 Å². The van der Waals surface area contributed by atoms with E-state index in [2.05, 4.69) is 10.5 Å². The summed E-state index contributed by atoms with van der Waals surface area (Å²) in [5.41, 5.74) is 4.22. The molecule has 1 N–H and O–H groups in total. The molecule has 0 unspecified atom stereocenters. The topological polar surface area (TPSA) is 24.4 Å². The summed E-state index contributed by atoms with van der Waals surface area (Å²) >= 11 is 17.6. The molecule has 0 aromatic heterocycles. The lowest BCUT2D eigenvalue weighted by Gasteiger charge is -2.06. The monoisotopic (exact) mass is 250 g/mol. The Morgan fingerprint density at radius 1 is 1.14 bits per heavy atom. The van der Waals surface area contributed by atoms with Crippen molar-refractivity contribution in [2.24, 2.45) is 5.10 Å². The minimum absolute atomic E-state index is 0.451. The average molecular weight is 252 g/mol. The number of nitrogens with one attached hydrogen (secondary N) is 1. The summed E-state index contributed by atoms with van der Waals surface area (Å²) in [6.07, 6.45) is 0. The normalized spacial score (nSPS) is 9.79. The molecule has 2 nitrogen and oxygen atoms in total. The van der Waals surface area contributed by atoms with Crippen LogP contribution in [0.5, 0.6) is 0 Å². The first-order valence-corrected chi connectivity index (χ1v) is 5.05. The highest BCUT2D eigenvalue weighted by Gasteiger charge is 2.06. The Morgan fingerprint density at radius 3 is 2.07 bits per heavy atom. The smallest absolute Gasteiger partial charge is 0.0935 e. The van der Waals surface area contributed by atoms with Crippen molar-refractivity contribution in [3.05, 3.63) is 27.2 Å². The van der Waals surface area contributed by atoms with Gasteiger partial charge in [0.05, 0.1) is 15.7 Å². The summed E-state index contributed by atoms with van der Waals surface area (Å²) in [6.45, 7) is 3.73. The van der Waals surface area contributed by atoms with Crippen molar-refractivity contribution >= 4 is 46.2 Å². The van der Waals surface area contributed by atoms with Crippen LogP contribution >= 0.6 is 34.8 Å². The zero-order valence-corrected chi connectivity index (χ0v) is 10.0. The van der Waals surface area contributed by atoms with Gasteiger partial charge in [-0.1, -0.05) is 34.8 Å². The summed E-state index contributed by atoms with van der Waals surface area (Å²) in [7, 11) is 0. The van der Waals surface area contributed by atoms with Crippen molar-refractivity contribution in [1.29, 1.82) is 0 Å². The predicted octanol–water partition coefficient (Wildman–Crippen LogP) is 4.45. The predicted molar refractivity (Wildman–Crippen MR) is 63.9 cm³/mol. The Hall–Kier alpha value is -0.440. The standard InChI is InChI=1S/C9H9Cl3N2/c1-5(2)13-14-9-7(11)3-6(10)4-8(9)12/h3-4,14H,1-2H3. The van der Waals surface area contributed by atoms with Gasteiger partial charge < -0.3 is 0 Å². The second-order valence-corrected chi connectivity index (χ2v) is 4.17. The van der Waals surface area contributed by atoms with Crippen molar-refractivity contribution in [3.63, 3.8) is 0 Å². The summed E-state index contributed by atoms with van der Waals surface area (Å²) in [5, 5.41) is 5.41. The minimum atomic E-state index is 0.451. The SMILES string of the molecule is CC(C)=NNc1c(Cl)cc(Cl)cc1Cl. The van der Waals surface area contributed by atoms with Crippen LogP contribution in [0.25, 0.3) is 0 Å². The molecular formula is C9H9Cl3N2. The fourth-order valence-corrected chi connectivity index (χ4v) is 1.72. The molecule has 0 heterocycles. The lowest BCUT2D eigenvalue weighted by molar-refractivity contribution is 1.32. The van der Waals surface area contributed by atoms with Gasteiger partial charge in [0.1, 0.15) is 0 Å². The summed E-state index contributed by atoms with van der Waals surface area (Å²) < 4.78 is 0. The maximum absolute atomic E-state index is 5.92. The third-order valence-corrected chi connectivity index (χ3v) is 2.21. The number of benzene rings is 1. The summed E-state index contributed by atoms with van der Waals surface area (Å²) in [5.74, 6) is 0. The van der Waals surface area contributed by atoms with Gasteiger partial charge in [-0.3, -0.25) is 5.43 Å². The Kier molecular flexibility index (Phi) is 4.05. The van der Waals surface area contributed by atoms with Gasteiger partial charge in [-0.2, -0.15) is 5.10 Å². The fraction of sp³-hybridized carbons (Fsp3) is 0.222. The van der Waals surface area contributed by atoms with E-state index < -0.39 is 0 Å². The number of hydrogen-bond donors (Lipinski definition) is 1. The Labute approximate surface area is 97.9 Å². The van der Waals surface area contributed by atoms with Crippen LogP contribution in [0, 0.1) is 0 Å². The van der Waals surface area contributed by atoms with Crippen LogP contribution in [0.4, 0.5) is 5.69 Å². The van der Waals surface area contributed by atoms with E-state index in [0.29, 0.717) is 20.8 Å². The zero-order valence-electron chi connectivity index (χ0n) is 7.74. The van der Waals surface area contributed by atoms with Crippen LogP contribution in [0.3, 0.4) is 0 Å². The number of nitrogens with zero attached hydrogens (tertiary/aromatic N) is 1. The molecule has 0 saturated carbocycles. The number of hydrogen-bond acceptors (Lipinski definition) is 2. The molecule has 76 valence electrons. The van der Waals surface area contributed by atoms with Gasteiger partial charge in [-0.25, -0.2) is 0 Å². The highest BCUT2D eigenvalue weighted by Crippen LogP contribution is 2.33. The molecule has 1 aromatic carbocycles. The lowest BCUT2D eigenvalue weighted by atomic mass is 10.3. The van der Waals surface area contributed by atoms with Crippen molar-refractivity contribution in [1.82, 2.24) is 0 Å². The van der Waals surface area contributed by atoms with E-state index in [-0.39, 0.29) is 0 Å². The van der Waals surface area contributed by atoms with Crippen molar-refractivity contribution in [3.8, 4) is 0 Å². The number of hydrazone groups is 1. The highest BCUT2D eigenvalue weighted by atomic mass is 35.5. The van der Waals surface area contributed by atoms with Gasteiger partial charge in [0, 0.05) is 10.7 Å². The van der Waals surface area contributed by atoms with E-state index in [1.807, 2.05) is 13.8 Å². The van der Waals surface area contributed by atoms with Gasteiger partial charge in [-0.05, 0) is 26.0 Å². The molecule has 0 atom stereocenters. The third kappa shape index (κ3) is 3.05. The molecule has 0 aliphatic heterocycles. The molecule has 1 aromatic rings. The molecule has 0 aliphatic rings. The van der Waals surface area contributed by atoms with Crippen LogP contribution in [0.1, 0.15) is 13.8 Å². The maximum Gasteiger partial charge on any atom is 0.0935 e. The van der Waals surface area contributed by atoms with Crippen LogP contribution in [-0.4, -0.2) is 5.71 Å². The second kappa shape index (κ2) is 4.87. The van der Waals surface area contributed by atoms with Gasteiger partial charge in [0.2, 0.25) is 0 Å². The first kappa shape index (κ1) is 11.6. The highest BCUT2D eigenvalue weighted by molar-refractivity contribution is 6.41. The van der Waals surface area contributed by atoms with E-state index in [9.17, 15) is 0 Å². The third-order valence-electron chi connectivity index (χ3n) is 1.40. The van der Waals surface area contributed by atoms with E-state index in [4.69, 9.17) is 34.8 Å². The van der Waals surface area contributed by atoms with Crippen LogP contribution in [-0.2, 0) is 0 Å². The molecule has 5 heteroatoms. The largest absolute Gasteiger partial charge is 0.276 e. The quantitative estimate of drug-likeness (QED) is 0.609. The molecule has 0 spiro atoms. The second-order valence-electron chi connectivity index (χ2n) is 2.92. The van der Waals surface area contributed by atoms with E-state index in [1.54, 1.807) is 12.1 Å². The molecule has 0 aliphatic carbocycles. The van der Waals surface area contributed by atoms with Gasteiger partial charge in [0.25, 0.3) is 0 Å². The van der Waals surface area contributed by atoms with Crippen molar-refractivity contribution in [2.45, 2.75) is 13.8 Å². The maximum atomic E-state index is 5.92. The fourth-order valence-electron chi connectivity index (χ4n) is 0.817. The van der Waals surface area contributed by atoms with Gasteiger partial charge in [-0.15, -0.1) is 0 Å². The van der Waals surface area contributed by atoms with Crippen LogP contribution in [0.15, 0.2) is 17.2 Å². The Bertz CT molecular complexity index is 347. The van der Waals surface area contributed by atoms with Crippen LogP contribution < -0.4 is 5.43 Å². The number of rotatable bonds is 2. The van der Waals surface area contributed by atoms with E-state index >= 15 is 0 Å². The zero-order chi connectivity index (χ0) is 10.7. The van der Waals surface area contributed by atoms with Gasteiger partial charge >= 0.3 is 0 Å². The average Bonchev–Trinajstić information content (AvgIpc) is 2.01. The summed E-state index contributed by atoms with van der Waals surface area (Å²) in [4.78, 5) is 0. The van der Waals surface area contributed by atoms with E-state index in [0.717, 1.165) is 5.71 Å². The Balaban J connectivity index is 3.03. The van der Waals surface area contributed by atoms with Crippen LogP contribution in [0.2, 0.25) is 15.1 Å². The van der Waals surface area contributed by atoms with Crippen molar-refractivity contribution in [2.75, 3.05) is 5.43 Å². The van der Waals surface area contributed by atoms with Gasteiger partial charge in [0.15, 0.2) is 0 Å². The molecule has 0 radical (unpaired) electrons. The molecule has 14 heavy (non-hydrogen) atoms. The first-order chi connectivity index (χ1) is 6.50. The lowest BCUT2D eigenvalue weighted by Crippen LogP contribution is -1.94. The van der Waals surface area contributed by atoms with Crippen molar-refractivity contribution < 1.29 is 0 Å². The number of anilines is 1. The molecule has 0 fully saturated rings. The molecule has 0 bridgehead atoms. The first-order valence-electron chi connectivity index (χ1n) is 3.92. The molecule has 1 rings (SSSR count). The summed E-state index contributed by atoms with van der Waals surface area (Å²) in [6, 6.07) is 3.22. The Morgan fingerprint density at radius 2 is 1.64 bits per heavy atom. The molecular weight excluding hydrogens is 242 g/mol. The molecule has 0 saturated heterocycles. The minimum Gasteiger partial charge on any atom is -0.276 e. The number of halogens is 3. The molecule has 0 amide bonds.